The van der Waals surface area contributed by atoms with Crippen LogP contribution in [-0.4, -0.2) is 11.6 Å². The predicted molar refractivity (Wildman–Crippen MR) is 81.3 cm³/mol. The van der Waals surface area contributed by atoms with E-state index in [0.717, 1.165) is 11.4 Å². The lowest BCUT2D eigenvalue weighted by molar-refractivity contribution is 0.00696. The van der Waals surface area contributed by atoms with Crippen LogP contribution >= 0.6 is 0 Å². The molecule has 0 radical (unpaired) electrons. The molecule has 0 unspecified atom stereocenters. The van der Waals surface area contributed by atoms with Crippen molar-refractivity contribution in [1.82, 2.24) is 0 Å². The van der Waals surface area contributed by atoms with Gasteiger partial charge in [0, 0.05) is 11.4 Å². The fraction of sp³-hybridized carbons (Fsp3) is 0.235. The van der Waals surface area contributed by atoms with Crippen molar-refractivity contribution >= 4 is 17.3 Å². The van der Waals surface area contributed by atoms with Gasteiger partial charge >= 0.3 is 5.97 Å². The smallest absolute Gasteiger partial charge is 0.338 e. The first kappa shape index (κ1) is 14.1. The Balaban J connectivity index is 2.14. The molecule has 3 heteroatoms. The van der Waals surface area contributed by atoms with Crippen LogP contribution in [-0.2, 0) is 4.74 Å². The Hall–Kier alpha value is -2.29. The van der Waals surface area contributed by atoms with Crippen LogP contribution in [0.2, 0.25) is 0 Å². The van der Waals surface area contributed by atoms with Gasteiger partial charge in [0.15, 0.2) is 0 Å². The first-order valence-corrected chi connectivity index (χ1v) is 6.59. The average Bonchev–Trinajstić information content (AvgIpc) is 2.38. The summed E-state index contributed by atoms with van der Waals surface area (Å²) >= 11 is 0. The number of esters is 1. The van der Waals surface area contributed by atoms with Crippen molar-refractivity contribution in [3.8, 4) is 0 Å². The van der Waals surface area contributed by atoms with Gasteiger partial charge in [0.05, 0.1) is 5.56 Å². The first-order chi connectivity index (χ1) is 9.44. The van der Waals surface area contributed by atoms with E-state index in [1.807, 2.05) is 63.2 Å². The normalized spacial score (nSPS) is 10.9. The van der Waals surface area contributed by atoms with E-state index in [0.29, 0.717) is 5.56 Å². The molecule has 0 bridgehead atoms. The van der Waals surface area contributed by atoms with Gasteiger partial charge in [0.25, 0.3) is 0 Å². The van der Waals surface area contributed by atoms with Crippen molar-refractivity contribution in [3.05, 3.63) is 60.2 Å². The molecular formula is C17H19NO2. The van der Waals surface area contributed by atoms with Crippen molar-refractivity contribution in [1.29, 1.82) is 0 Å². The molecule has 0 aliphatic rings. The molecule has 2 rings (SSSR count). The van der Waals surface area contributed by atoms with Crippen LogP contribution in [0.1, 0.15) is 31.1 Å². The monoisotopic (exact) mass is 269 g/mol. The second-order valence-corrected chi connectivity index (χ2v) is 5.57. The molecule has 0 amide bonds. The molecule has 2 aromatic carbocycles. The highest BCUT2D eigenvalue weighted by atomic mass is 16.6. The van der Waals surface area contributed by atoms with Gasteiger partial charge in [-0.3, -0.25) is 0 Å². The van der Waals surface area contributed by atoms with Gasteiger partial charge in [-0.15, -0.1) is 0 Å². The van der Waals surface area contributed by atoms with Crippen molar-refractivity contribution in [2.45, 2.75) is 26.4 Å². The molecule has 2 aromatic rings. The minimum atomic E-state index is -0.486. The van der Waals surface area contributed by atoms with Gasteiger partial charge in [-0.1, -0.05) is 24.3 Å². The van der Waals surface area contributed by atoms with E-state index in [9.17, 15) is 4.79 Å². The van der Waals surface area contributed by atoms with Crippen molar-refractivity contribution in [2.24, 2.45) is 0 Å². The van der Waals surface area contributed by atoms with Crippen LogP contribution in [0.4, 0.5) is 11.4 Å². The molecule has 104 valence electrons. The molecule has 0 aliphatic carbocycles. The Morgan fingerprint density at radius 2 is 1.60 bits per heavy atom. The van der Waals surface area contributed by atoms with Gasteiger partial charge in [0.2, 0.25) is 0 Å². The zero-order valence-corrected chi connectivity index (χ0v) is 12.0. The highest BCUT2D eigenvalue weighted by molar-refractivity contribution is 5.91. The maximum Gasteiger partial charge on any atom is 0.338 e. The summed E-state index contributed by atoms with van der Waals surface area (Å²) in [6.45, 7) is 5.57. The predicted octanol–water partition coefficient (Wildman–Crippen LogP) is 4.39. The average molecular weight is 269 g/mol. The topological polar surface area (TPSA) is 38.3 Å². The van der Waals surface area contributed by atoms with E-state index in [2.05, 4.69) is 5.32 Å². The minimum Gasteiger partial charge on any atom is -0.456 e. The summed E-state index contributed by atoms with van der Waals surface area (Å²) in [6, 6.07) is 17.1. The molecule has 0 saturated heterocycles. The van der Waals surface area contributed by atoms with Gasteiger partial charge in [0.1, 0.15) is 5.60 Å². The van der Waals surface area contributed by atoms with Crippen LogP contribution < -0.4 is 5.32 Å². The number of benzene rings is 2. The van der Waals surface area contributed by atoms with Crippen LogP contribution in [0.5, 0.6) is 0 Å². The zero-order valence-electron chi connectivity index (χ0n) is 12.0. The number of anilines is 2. The summed E-state index contributed by atoms with van der Waals surface area (Å²) in [5.74, 6) is -0.311. The summed E-state index contributed by atoms with van der Waals surface area (Å²) in [6.07, 6.45) is 0. The standard InChI is InChI=1S/C17H19NO2/c1-17(2,3)20-16(19)13-8-7-11-15(12-13)18-14-9-5-4-6-10-14/h4-12,18H,1-3H3. The van der Waals surface area contributed by atoms with Gasteiger partial charge < -0.3 is 10.1 Å². The van der Waals surface area contributed by atoms with Crippen LogP contribution in [0.3, 0.4) is 0 Å². The number of ether oxygens (including phenoxy) is 1. The Morgan fingerprint density at radius 1 is 0.950 bits per heavy atom. The maximum absolute atomic E-state index is 12.0. The van der Waals surface area contributed by atoms with Crippen LogP contribution in [0.15, 0.2) is 54.6 Å². The summed E-state index contributed by atoms with van der Waals surface area (Å²) in [7, 11) is 0. The van der Waals surface area contributed by atoms with Gasteiger partial charge in [-0.25, -0.2) is 4.79 Å². The zero-order chi connectivity index (χ0) is 14.6. The third kappa shape index (κ3) is 4.12. The molecule has 1 N–H and O–H groups in total. The van der Waals surface area contributed by atoms with E-state index in [-0.39, 0.29) is 5.97 Å². The quantitative estimate of drug-likeness (QED) is 0.840. The largest absolute Gasteiger partial charge is 0.456 e. The third-order valence-corrected chi connectivity index (χ3v) is 2.56. The van der Waals surface area contributed by atoms with Gasteiger partial charge in [-0.2, -0.15) is 0 Å². The summed E-state index contributed by atoms with van der Waals surface area (Å²) < 4.78 is 5.36. The van der Waals surface area contributed by atoms with Crippen molar-refractivity contribution in [3.63, 3.8) is 0 Å². The van der Waals surface area contributed by atoms with E-state index in [1.165, 1.54) is 0 Å². The Bertz CT molecular complexity index is 585. The third-order valence-electron chi connectivity index (χ3n) is 2.56. The van der Waals surface area contributed by atoms with E-state index in [4.69, 9.17) is 4.74 Å². The maximum atomic E-state index is 12.0. The molecule has 0 aliphatic heterocycles. The highest BCUT2D eigenvalue weighted by Gasteiger charge is 2.17. The lowest BCUT2D eigenvalue weighted by Gasteiger charge is -2.19. The molecule has 0 heterocycles. The van der Waals surface area contributed by atoms with Crippen molar-refractivity contribution < 1.29 is 9.53 Å². The summed E-state index contributed by atoms with van der Waals surface area (Å²) in [5, 5.41) is 3.25. The Morgan fingerprint density at radius 3 is 2.25 bits per heavy atom. The van der Waals surface area contributed by atoms with Crippen LogP contribution in [0.25, 0.3) is 0 Å². The number of nitrogens with one attached hydrogen (secondary N) is 1. The molecule has 0 spiro atoms. The SMILES string of the molecule is CC(C)(C)OC(=O)c1cccc(Nc2ccccc2)c1. The number of carbonyl (C=O) groups is 1. The number of rotatable bonds is 3. The molecule has 3 nitrogen and oxygen atoms in total. The highest BCUT2D eigenvalue weighted by Crippen LogP contribution is 2.19. The molecule has 0 saturated carbocycles. The van der Waals surface area contributed by atoms with Gasteiger partial charge in [-0.05, 0) is 51.1 Å². The van der Waals surface area contributed by atoms with Crippen LogP contribution in [0, 0.1) is 0 Å². The number of hydrogen-bond acceptors (Lipinski definition) is 3. The Labute approximate surface area is 119 Å². The summed E-state index contributed by atoms with van der Waals surface area (Å²) in [5.41, 5.74) is 1.90. The number of para-hydroxylation sites is 1. The molecule has 0 aromatic heterocycles. The van der Waals surface area contributed by atoms with E-state index in [1.54, 1.807) is 12.1 Å². The summed E-state index contributed by atoms with van der Waals surface area (Å²) in [4.78, 5) is 12.0. The second-order valence-electron chi connectivity index (χ2n) is 5.57. The molecule has 0 atom stereocenters. The number of carbonyl (C=O) groups excluding carboxylic acids is 1. The number of hydrogen-bond donors (Lipinski definition) is 1. The lowest BCUT2D eigenvalue weighted by Crippen LogP contribution is -2.23. The Kier molecular flexibility index (Phi) is 4.08. The minimum absolute atomic E-state index is 0.311. The molecule has 0 fully saturated rings. The molecule has 20 heavy (non-hydrogen) atoms. The first-order valence-electron chi connectivity index (χ1n) is 6.59. The lowest BCUT2D eigenvalue weighted by atomic mass is 10.1. The fourth-order valence-corrected chi connectivity index (χ4v) is 1.75. The van der Waals surface area contributed by atoms with E-state index < -0.39 is 5.60 Å². The molecular weight excluding hydrogens is 250 g/mol. The fourth-order valence-electron chi connectivity index (χ4n) is 1.75. The van der Waals surface area contributed by atoms with Crippen molar-refractivity contribution in [2.75, 3.05) is 5.32 Å². The van der Waals surface area contributed by atoms with E-state index >= 15 is 0 Å². The second kappa shape index (κ2) is 5.78.